The van der Waals surface area contributed by atoms with Crippen molar-refractivity contribution in [1.29, 1.82) is 0 Å². The fourth-order valence-electron chi connectivity index (χ4n) is 3.23. The fourth-order valence-corrected chi connectivity index (χ4v) is 3.23. The van der Waals surface area contributed by atoms with Gasteiger partial charge in [0.15, 0.2) is 11.6 Å². The molecular formula is C23H20FN5O3. The molecule has 0 atom stereocenters. The summed E-state index contributed by atoms with van der Waals surface area (Å²) < 4.78 is 20.6. The van der Waals surface area contributed by atoms with Crippen LogP contribution < -0.4 is 15.6 Å². The first-order chi connectivity index (χ1) is 15.4. The quantitative estimate of drug-likeness (QED) is 0.497. The van der Waals surface area contributed by atoms with E-state index in [-0.39, 0.29) is 36.2 Å². The third-order valence-corrected chi connectivity index (χ3v) is 4.86. The summed E-state index contributed by atoms with van der Waals surface area (Å²) in [6.07, 6.45) is 1.50. The number of nitrogens with one attached hydrogen (secondary N) is 1. The number of nitrogens with zero attached hydrogens (tertiary/aromatic N) is 4. The number of carbonyl (C=O) groups excluding carboxylic acids is 1. The number of aryl methyl sites for hydroxylation is 3. The van der Waals surface area contributed by atoms with Crippen molar-refractivity contribution < 1.29 is 13.9 Å². The second kappa shape index (κ2) is 8.93. The molecule has 0 saturated heterocycles. The van der Waals surface area contributed by atoms with Crippen molar-refractivity contribution in [2.75, 3.05) is 5.32 Å². The maximum atomic E-state index is 13.8. The SMILES string of the molecule is Cc1nc(Oc2ccccc2F)nc(C)c1NC(=O)CCn1cnc2ccccc2c1=O. The van der Waals surface area contributed by atoms with Gasteiger partial charge in [-0.15, -0.1) is 0 Å². The van der Waals surface area contributed by atoms with Gasteiger partial charge in [0.1, 0.15) is 0 Å². The largest absolute Gasteiger partial charge is 0.421 e. The molecule has 2 heterocycles. The molecule has 9 heteroatoms. The number of anilines is 1. The average Bonchev–Trinajstić information content (AvgIpc) is 2.78. The highest BCUT2D eigenvalue weighted by Crippen LogP contribution is 2.25. The molecule has 1 amide bonds. The zero-order chi connectivity index (χ0) is 22.7. The van der Waals surface area contributed by atoms with Gasteiger partial charge < -0.3 is 10.1 Å². The first-order valence-corrected chi connectivity index (χ1v) is 9.94. The van der Waals surface area contributed by atoms with Crippen molar-refractivity contribution >= 4 is 22.5 Å². The predicted octanol–water partition coefficient (Wildman–Crippen LogP) is 3.76. The van der Waals surface area contributed by atoms with Crippen molar-refractivity contribution in [3.8, 4) is 11.8 Å². The van der Waals surface area contributed by atoms with E-state index < -0.39 is 5.82 Å². The van der Waals surface area contributed by atoms with E-state index in [9.17, 15) is 14.0 Å². The van der Waals surface area contributed by atoms with E-state index >= 15 is 0 Å². The lowest BCUT2D eigenvalue weighted by Gasteiger charge is -2.13. The van der Waals surface area contributed by atoms with E-state index in [2.05, 4.69) is 20.3 Å². The van der Waals surface area contributed by atoms with Crippen molar-refractivity contribution in [3.05, 3.63) is 82.4 Å². The Kier molecular flexibility index (Phi) is 5.89. The molecule has 1 N–H and O–H groups in total. The molecule has 0 saturated carbocycles. The average molecular weight is 433 g/mol. The summed E-state index contributed by atoms with van der Waals surface area (Å²) >= 11 is 0. The van der Waals surface area contributed by atoms with Crippen LogP contribution in [0.1, 0.15) is 17.8 Å². The highest BCUT2D eigenvalue weighted by Gasteiger charge is 2.14. The first-order valence-electron chi connectivity index (χ1n) is 9.94. The minimum absolute atomic E-state index is 0.0116. The molecule has 0 fully saturated rings. The predicted molar refractivity (Wildman–Crippen MR) is 117 cm³/mol. The number of ether oxygens (including phenoxy) is 1. The number of hydrogen-bond acceptors (Lipinski definition) is 6. The van der Waals surface area contributed by atoms with Crippen molar-refractivity contribution in [1.82, 2.24) is 19.5 Å². The Bertz CT molecular complexity index is 1350. The van der Waals surface area contributed by atoms with Crippen LogP contribution in [0.3, 0.4) is 0 Å². The Hall–Kier alpha value is -4.14. The van der Waals surface area contributed by atoms with E-state index in [0.29, 0.717) is 28.0 Å². The number of carbonyl (C=O) groups is 1. The first kappa shape index (κ1) is 21.1. The lowest BCUT2D eigenvalue weighted by atomic mass is 10.2. The van der Waals surface area contributed by atoms with Crippen LogP contribution in [0, 0.1) is 19.7 Å². The Morgan fingerprint density at radius 3 is 2.50 bits per heavy atom. The summed E-state index contributed by atoms with van der Waals surface area (Å²) in [6, 6.07) is 13.0. The molecule has 4 aromatic rings. The Morgan fingerprint density at radius 2 is 1.75 bits per heavy atom. The number of aromatic nitrogens is 4. The lowest BCUT2D eigenvalue weighted by Crippen LogP contribution is -2.24. The van der Waals surface area contributed by atoms with Crippen molar-refractivity contribution in [2.24, 2.45) is 0 Å². The van der Waals surface area contributed by atoms with E-state index in [1.54, 1.807) is 44.2 Å². The summed E-state index contributed by atoms with van der Waals surface area (Å²) in [4.78, 5) is 37.7. The number of hydrogen-bond donors (Lipinski definition) is 1. The summed E-state index contributed by atoms with van der Waals surface area (Å²) in [5, 5.41) is 3.28. The number of fused-ring (bicyclic) bond motifs is 1. The van der Waals surface area contributed by atoms with Crippen molar-refractivity contribution in [3.63, 3.8) is 0 Å². The van der Waals surface area contributed by atoms with Gasteiger partial charge >= 0.3 is 6.01 Å². The molecular weight excluding hydrogens is 413 g/mol. The molecule has 0 aliphatic rings. The van der Waals surface area contributed by atoms with Gasteiger partial charge in [0, 0.05) is 13.0 Å². The molecule has 0 bridgehead atoms. The Labute approximate surface area is 182 Å². The summed E-state index contributed by atoms with van der Waals surface area (Å²) in [5.74, 6) is -0.817. The normalized spacial score (nSPS) is 10.8. The smallest absolute Gasteiger partial charge is 0.322 e. The molecule has 2 aromatic carbocycles. The second-order valence-corrected chi connectivity index (χ2v) is 7.14. The maximum Gasteiger partial charge on any atom is 0.322 e. The molecule has 162 valence electrons. The van der Waals surface area contributed by atoms with Gasteiger partial charge in [-0.05, 0) is 38.1 Å². The van der Waals surface area contributed by atoms with Crippen LogP contribution in [0.15, 0.2) is 59.7 Å². The summed E-state index contributed by atoms with van der Waals surface area (Å²) in [7, 11) is 0. The van der Waals surface area contributed by atoms with Crippen LogP contribution in [0.25, 0.3) is 10.9 Å². The Morgan fingerprint density at radius 1 is 1.06 bits per heavy atom. The fraction of sp³-hybridized carbons (Fsp3) is 0.174. The van der Waals surface area contributed by atoms with Gasteiger partial charge in [0.25, 0.3) is 5.56 Å². The number of para-hydroxylation sites is 2. The van der Waals surface area contributed by atoms with Gasteiger partial charge in [0.05, 0.1) is 34.3 Å². The summed E-state index contributed by atoms with van der Waals surface area (Å²) in [6.45, 7) is 3.56. The molecule has 0 unspecified atom stereocenters. The minimum Gasteiger partial charge on any atom is -0.421 e. The number of rotatable bonds is 6. The maximum absolute atomic E-state index is 13.8. The van der Waals surface area contributed by atoms with Crippen LogP contribution in [0.2, 0.25) is 0 Å². The van der Waals surface area contributed by atoms with Gasteiger partial charge in [-0.1, -0.05) is 24.3 Å². The molecule has 8 nitrogen and oxygen atoms in total. The van der Waals surface area contributed by atoms with Crippen LogP contribution >= 0.6 is 0 Å². The monoisotopic (exact) mass is 433 g/mol. The molecule has 4 rings (SSSR count). The number of benzene rings is 2. The standard InChI is InChI=1S/C23H20FN5O3/c1-14-21(15(2)27-23(26-14)32-19-10-6-4-8-17(19)24)28-20(30)11-12-29-13-25-18-9-5-3-7-16(18)22(29)31/h3-10,13H,11-12H2,1-2H3,(H,28,30). The highest BCUT2D eigenvalue weighted by atomic mass is 19.1. The van der Waals surface area contributed by atoms with Crippen molar-refractivity contribution in [2.45, 2.75) is 26.8 Å². The third-order valence-electron chi connectivity index (χ3n) is 4.86. The lowest BCUT2D eigenvalue weighted by molar-refractivity contribution is -0.116. The van der Waals surface area contributed by atoms with Crippen LogP contribution in [-0.2, 0) is 11.3 Å². The van der Waals surface area contributed by atoms with Gasteiger partial charge in [-0.2, -0.15) is 9.97 Å². The number of amides is 1. The number of halogens is 1. The topological polar surface area (TPSA) is 99.0 Å². The van der Waals surface area contributed by atoms with Gasteiger partial charge in [-0.25, -0.2) is 9.37 Å². The van der Waals surface area contributed by atoms with E-state index in [0.717, 1.165) is 0 Å². The molecule has 0 aliphatic carbocycles. The van der Waals surface area contributed by atoms with Gasteiger partial charge in [0.2, 0.25) is 5.91 Å². The highest BCUT2D eigenvalue weighted by molar-refractivity contribution is 5.91. The second-order valence-electron chi connectivity index (χ2n) is 7.14. The van der Waals surface area contributed by atoms with Crippen LogP contribution in [0.4, 0.5) is 10.1 Å². The van der Waals surface area contributed by atoms with Gasteiger partial charge in [-0.3, -0.25) is 14.2 Å². The zero-order valence-corrected chi connectivity index (χ0v) is 17.5. The Balaban J connectivity index is 1.45. The minimum atomic E-state index is -0.526. The van der Waals surface area contributed by atoms with E-state index in [1.165, 1.54) is 23.0 Å². The van der Waals surface area contributed by atoms with Crippen LogP contribution in [-0.4, -0.2) is 25.4 Å². The van der Waals surface area contributed by atoms with Crippen LogP contribution in [0.5, 0.6) is 11.8 Å². The zero-order valence-electron chi connectivity index (χ0n) is 17.5. The van der Waals surface area contributed by atoms with E-state index in [1.807, 2.05) is 6.07 Å². The third kappa shape index (κ3) is 4.46. The molecule has 0 aliphatic heterocycles. The van der Waals surface area contributed by atoms with E-state index in [4.69, 9.17) is 4.74 Å². The summed E-state index contributed by atoms with van der Waals surface area (Å²) in [5.41, 5.74) is 1.80. The molecule has 0 radical (unpaired) electrons. The molecule has 0 spiro atoms. The molecule has 2 aromatic heterocycles. The molecule has 32 heavy (non-hydrogen) atoms.